The van der Waals surface area contributed by atoms with Gasteiger partial charge in [0.25, 0.3) is 5.91 Å². The summed E-state index contributed by atoms with van der Waals surface area (Å²) in [7, 11) is -3.03. The third-order valence-corrected chi connectivity index (χ3v) is 6.05. The summed E-state index contributed by atoms with van der Waals surface area (Å²) in [6.45, 7) is 2.11. The average Bonchev–Trinajstić information content (AvgIpc) is 2.81. The Morgan fingerprint density at radius 1 is 1.36 bits per heavy atom. The van der Waals surface area contributed by atoms with E-state index >= 15 is 0 Å². The summed E-state index contributed by atoms with van der Waals surface area (Å²) in [6, 6.07) is 4.48. The molecule has 1 aromatic rings. The van der Waals surface area contributed by atoms with Gasteiger partial charge in [-0.25, -0.2) is 8.42 Å². The van der Waals surface area contributed by atoms with E-state index in [1.807, 2.05) is 6.92 Å². The van der Waals surface area contributed by atoms with Crippen molar-refractivity contribution in [3.63, 3.8) is 0 Å². The van der Waals surface area contributed by atoms with Crippen LogP contribution in [0.3, 0.4) is 0 Å². The SMILES string of the molecule is CCN(C(=O)COc1ccc(Cl)c(Cl)c1)C1CCS(=O)(=O)C1. The molecule has 2 rings (SSSR count). The molecule has 1 aromatic carbocycles. The van der Waals surface area contributed by atoms with E-state index < -0.39 is 9.84 Å². The number of sulfone groups is 1. The number of likely N-dealkylation sites (N-methyl/N-ethyl adjacent to an activating group) is 1. The molecule has 1 amide bonds. The van der Waals surface area contributed by atoms with Gasteiger partial charge in [-0.2, -0.15) is 0 Å². The Labute approximate surface area is 140 Å². The second-order valence-corrected chi connectivity index (χ2v) is 8.14. The van der Waals surface area contributed by atoms with Gasteiger partial charge >= 0.3 is 0 Å². The lowest BCUT2D eigenvalue weighted by atomic mass is 10.2. The highest BCUT2D eigenvalue weighted by atomic mass is 35.5. The molecular weight excluding hydrogens is 349 g/mol. The van der Waals surface area contributed by atoms with Crippen molar-refractivity contribution < 1.29 is 17.9 Å². The molecule has 0 saturated carbocycles. The molecule has 0 bridgehead atoms. The van der Waals surface area contributed by atoms with Crippen LogP contribution in [0.15, 0.2) is 18.2 Å². The number of halogens is 2. The van der Waals surface area contributed by atoms with Gasteiger partial charge in [-0.05, 0) is 25.5 Å². The maximum Gasteiger partial charge on any atom is 0.260 e. The van der Waals surface area contributed by atoms with Crippen LogP contribution >= 0.6 is 23.2 Å². The maximum absolute atomic E-state index is 12.2. The lowest BCUT2D eigenvalue weighted by Crippen LogP contribution is -2.43. The third-order valence-electron chi connectivity index (χ3n) is 3.56. The fraction of sp³-hybridized carbons (Fsp3) is 0.500. The van der Waals surface area contributed by atoms with Gasteiger partial charge in [0.05, 0.1) is 21.6 Å². The molecule has 0 radical (unpaired) electrons. The number of carbonyl (C=O) groups is 1. The molecule has 0 spiro atoms. The summed E-state index contributed by atoms with van der Waals surface area (Å²) in [5, 5.41) is 0.757. The molecule has 1 aliphatic heterocycles. The van der Waals surface area contributed by atoms with Crippen LogP contribution in [0.4, 0.5) is 0 Å². The molecule has 1 saturated heterocycles. The average molecular weight is 366 g/mol. The minimum absolute atomic E-state index is 0.0271. The van der Waals surface area contributed by atoms with Gasteiger partial charge in [-0.15, -0.1) is 0 Å². The normalized spacial score (nSPS) is 19.9. The molecule has 8 heteroatoms. The Kier molecular flexibility index (Phi) is 5.58. The zero-order valence-corrected chi connectivity index (χ0v) is 14.4. The summed E-state index contributed by atoms with van der Waals surface area (Å²) in [6.07, 6.45) is 0.481. The first-order valence-electron chi connectivity index (χ1n) is 6.90. The van der Waals surface area contributed by atoms with Crippen LogP contribution in [0.1, 0.15) is 13.3 Å². The van der Waals surface area contributed by atoms with Crippen molar-refractivity contribution in [3.8, 4) is 5.75 Å². The highest BCUT2D eigenvalue weighted by Crippen LogP contribution is 2.26. The van der Waals surface area contributed by atoms with Crippen molar-refractivity contribution in [2.24, 2.45) is 0 Å². The Morgan fingerprint density at radius 3 is 2.64 bits per heavy atom. The van der Waals surface area contributed by atoms with Crippen molar-refractivity contribution >= 4 is 38.9 Å². The van der Waals surface area contributed by atoms with Gasteiger partial charge in [0.15, 0.2) is 16.4 Å². The summed E-state index contributed by atoms with van der Waals surface area (Å²) in [4.78, 5) is 13.8. The third kappa shape index (κ3) is 4.27. The standard InChI is InChI=1S/C14H17Cl2NO4S/c1-2-17(10-5-6-22(19,20)9-10)14(18)8-21-11-3-4-12(15)13(16)7-11/h3-4,7,10H,2,5-6,8-9H2,1H3. The first-order chi connectivity index (χ1) is 10.3. The highest BCUT2D eigenvalue weighted by molar-refractivity contribution is 7.91. The monoisotopic (exact) mass is 365 g/mol. The second kappa shape index (κ2) is 7.06. The van der Waals surface area contributed by atoms with E-state index in [1.165, 1.54) is 6.07 Å². The highest BCUT2D eigenvalue weighted by Gasteiger charge is 2.33. The second-order valence-electron chi connectivity index (χ2n) is 5.10. The number of carbonyl (C=O) groups excluding carboxylic acids is 1. The van der Waals surface area contributed by atoms with E-state index in [9.17, 15) is 13.2 Å². The van der Waals surface area contributed by atoms with Crippen molar-refractivity contribution in [2.75, 3.05) is 24.7 Å². The number of amides is 1. The molecule has 22 heavy (non-hydrogen) atoms. The van der Waals surface area contributed by atoms with Crippen LogP contribution in [-0.2, 0) is 14.6 Å². The number of benzene rings is 1. The Morgan fingerprint density at radius 2 is 2.09 bits per heavy atom. The summed E-state index contributed by atoms with van der Waals surface area (Å²) in [5.41, 5.74) is 0. The largest absolute Gasteiger partial charge is 0.484 e. The van der Waals surface area contributed by atoms with Gasteiger partial charge in [0.2, 0.25) is 0 Å². The van der Waals surface area contributed by atoms with Crippen molar-refractivity contribution in [1.82, 2.24) is 4.90 Å². The van der Waals surface area contributed by atoms with Gasteiger partial charge in [-0.1, -0.05) is 23.2 Å². The van der Waals surface area contributed by atoms with E-state index in [1.54, 1.807) is 17.0 Å². The van der Waals surface area contributed by atoms with Crippen LogP contribution in [0.2, 0.25) is 10.0 Å². The van der Waals surface area contributed by atoms with E-state index in [2.05, 4.69) is 0 Å². The van der Waals surface area contributed by atoms with Gasteiger partial charge in [0.1, 0.15) is 5.75 Å². The smallest absolute Gasteiger partial charge is 0.260 e. The Hall–Kier alpha value is -0.980. The van der Waals surface area contributed by atoms with Crippen LogP contribution in [-0.4, -0.2) is 49.9 Å². The molecule has 1 atom stereocenters. The Bertz CT molecular complexity index is 663. The zero-order valence-electron chi connectivity index (χ0n) is 12.1. The number of ether oxygens (including phenoxy) is 1. The van der Waals surface area contributed by atoms with Crippen LogP contribution < -0.4 is 4.74 Å². The fourth-order valence-electron chi connectivity index (χ4n) is 2.45. The van der Waals surface area contributed by atoms with Crippen molar-refractivity contribution in [1.29, 1.82) is 0 Å². The zero-order chi connectivity index (χ0) is 16.3. The number of nitrogens with zero attached hydrogens (tertiary/aromatic N) is 1. The maximum atomic E-state index is 12.2. The number of hydrogen-bond donors (Lipinski definition) is 0. The lowest BCUT2D eigenvalue weighted by molar-refractivity contribution is -0.135. The summed E-state index contributed by atoms with van der Waals surface area (Å²) >= 11 is 11.7. The van der Waals surface area contributed by atoms with Crippen molar-refractivity contribution in [2.45, 2.75) is 19.4 Å². The summed E-state index contributed by atoms with van der Waals surface area (Å²) < 4.78 is 28.5. The molecule has 1 fully saturated rings. The van der Waals surface area contributed by atoms with Gasteiger partial charge < -0.3 is 9.64 Å². The topological polar surface area (TPSA) is 63.7 Å². The fourth-order valence-corrected chi connectivity index (χ4v) is 4.47. The van der Waals surface area contributed by atoms with E-state index in [-0.39, 0.29) is 30.1 Å². The van der Waals surface area contributed by atoms with Crippen LogP contribution in [0.5, 0.6) is 5.75 Å². The van der Waals surface area contributed by atoms with E-state index in [0.717, 1.165) is 0 Å². The predicted octanol–water partition coefficient (Wildman–Crippen LogP) is 2.41. The molecule has 1 unspecified atom stereocenters. The van der Waals surface area contributed by atoms with Crippen LogP contribution in [0.25, 0.3) is 0 Å². The molecule has 0 N–H and O–H groups in total. The Balaban J connectivity index is 1.96. The first-order valence-corrected chi connectivity index (χ1v) is 9.48. The van der Waals surface area contributed by atoms with E-state index in [0.29, 0.717) is 28.8 Å². The molecule has 0 aliphatic carbocycles. The molecule has 5 nitrogen and oxygen atoms in total. The van der Waals surface area contributed by atoms with Crippen LogP contribution in [0, 0.1) is 0 Å². The molecular formula is C14H17Cl2NO4S. The van der Waals surface area contributed by atoms with Gasteiger partial charge in [0, 0.05) is 18.7 Å². The molecule has 1 heterocycles. The molecule has 0 aromatic heterocycles. The number of rotatable bonds is 5. The predicted molar refractivity (Wildman–Crippen MR) is 86.4 cm³/mol. The molecule has 1 aliphatic rings. The first kappa shape index (κ1) is 17.4. The molecule has 122 valence electrons. The number of hydrogen-bond acceptors (Lipinski definition) is 4. The summed E-state index contributed by atoms with van der Waals surface area (Å²) in [5.74, 6) is 0.363. The minimum atomic E-state index is -3.03. The van der Waals surface area contributed by atoms with Crippen molar-refractivity contribution in [3.05, 3.63) is 28.2 Å². The van der Waals surface area contributed by atoms with E-state index in [4.69, 9.17) is 27.9 Å². The minimum Gasteiger partial charge on any atom is -0.484 e. The van der Waals surface area contributed by atoms with Gasteiger partial charge in [-0.3, -0.25) is 4.79 Å². The lowest BCUT2D eigenvalue weighted by Gasteiger charge is -2.26. The quantitative estimate of drug-likeness (QED) is 0.803.